The van der Waals surface area contributed by atoms with Crippen LogP contribution in [0.4, 0.5) is 5.82 Å². The summed E-state index contributed by atoms with van der Waals surface area (Å²) in [5.41, 5.74) is 3.97. The number of carbonyl (C=O) groups excluding carboxylic acids is 1. The lowest BCUT2D eigenvalue weighted by atomic mass is 9.85. The first kappa shape index (κ1) is 12.8. The highest BCUT2D eigenvalue weighted by Gasteiger charge is 2.18. The molecule has 1 aromatic heterocycles. The van der Waals surface area contributed by atoms with Crippen molar-refractivity contribution in [3.8, 4) is 0 Å². The lowest BCUT2D eigenvalue weighted by molar-refractivity contribution is 0.0939. The maximum absolute atomic E-state index is 12.0. The van der Waals surface area contributed by atoms with Crippen molar-refractivity contribution in [3.63, 3.8) is 0 Å². The number of nitrogens with zero attached hydrogens (tertiary/aromatic N) is 1. The molecule has 0 spiro atoms. The van der Waals surface area contributed by atoms with Crippen LogP contribution in [0.25, 0.3) is 0 Å². The number of hydrogen-bond donors (Lipinski definition) is 3. The second kappa shape index (κ2) is 5.82. The van der Waals surface area contributed by atoms with Crippen molar-refractivity contribution < 1.29 is 4.79 Å². The maximum Gasteiger partial charge on any atom is 0.251 e. The van der Waals surface area contributed by atoms with E-state index in [0.717, 1.165) is 18.7 Å². The summed E-state index contributed by atoms with van der Waals surface area (Å²) in [6, 6.07) is 3.49. The van der Waals surface area contributed by atoms with E-state index in [-0.39, 0.29) is 5.91 Å². The van der Waals surface area contributed by atoms with Gasteiger partial charge in [0.2, 0.25) is 0 Å². The predicted octanol–water partition coefficient (Wildman–Crippen LogP) is 1.46. The number of rotatable bonds is 5. The number of hydrazine groups is 1. The van der Waals surface area contributed by atoms with Crippen LogP contribution in [0.5, 0.6) is 0 Å². The molecule has 0 saturated heterocycles. The summed E-state index contributed by atoms with van der Waals surface area (Å²) < 4.78 is 0. The zero-order chi connectivity index (χ0) is 13.0. The summed E-state index contributed by atoms with van der Waals surface area (Å²) >= 11 is 0. The van der Waals surface area contributed by atoms with E-state index >= 15 is 0 Å². The molecule has 5 heteroatoms. The normalized spacial score (nSPS) is 15.0. The third-order valence-electron chi connectivity index (χ3n) is 3.43. The van der Waals surface area contributed by atoms with E-state index in [4.69, 9.17) is 5.84 Å². The van der Waals surface area contributed by atoms with Crippen LogP contribution in [0.15, 0.2) is 12.1 Å². The van der Waals surface area contributed by atoms with Gasteiger partial charge in [-0.05, 0) is 37.3 Å². The number of aryl methyl sites for hydroxylation is 1. The third-order valence-corrected chi connectivity index (χ3v) is 3.43. The van der Waals surface area contributed by atoms with E-state index in [1.165, 1.54) is 19.3 Å². The number of aromatic nitrogens is 1. The van der Waals surface area contributed by atoms with Gasteiger partial charge in [0.1, 0.15) is 5.82 Å². The Labute approximate surface area is 107 Å². The smallest absolute Gasteiger partial charge is 0.251 e. The fourth-order valence-electron chi connectivity index (χ4n) is 2.01. The molecule has 2 rings (SSSR count). The number of carbonyl (C=O) groups is 1. The molecule has 1 fully saturated rings. The Hall–Kier alpha value is -1.62. The number of nitrogens with one attached hydrogen (secondary N) is 2. The summed E-state index contributed by atoms with van der Waals surface area (Å²) in [7, 11) is 0. The Kier molecular flexibility index (Phi) is 4.15. The van der Waals surface area contributed by atoms with Gasteiger partial charge in [0, 0.05) is 17.8 Å². The molecule has 1 aromatic rings. The minimum Gasteiger partial charge on any atom is -0.352 e. The Bertz CT molecular complexity index is 407. The van der Waals surface area contributed by atoms with Gasteiger partial charge in [0.25, 0.3) is 5.91 Å². The highest BCUT2D eigenvalue weighted by atomic mass is 16.1. The van der Waals surface area contributed by atoms with E-state index in [2.05, 4.69) is 15.7 Å². The second-order valence-corrected chi connectivity index (χ2v) is 4.74. The lowest BCUT2D eigenvalue weighted by Gasteiger charge is -2.25. The van der Waals surface area contributed by atoms with Crippen LogP contribution < -0.4 is 16.6 Å². The van der Waals surface area contributed by atoms with Gasteiger partial charge >= 0.3 is 0 Å². The topological polar surface area (TPSA) is 80.0 Å². The average Bonchev–Trinajstić information content (AvgIpc) is 2.36. The van der Waals surface area contributed by atoms with Gasteiger partial charge < -0.3 is 10.7 Å². The molecule has 0 bridgehead atoms. The highest BCUT2D eigenvalue weighted by Crippen LogP contribution is 2.25. The Morgan fingerprint density at radius 3 is 2.83 bits per heavy atom. The van der Waals surface area contributed by atoms with E-state index in [9.17, 15) is 4.79 Å². The zero-order valence-electron chi connectivity index (χ0n) is 10.7. The summed E-state index contributed by atoms with van der Waals surface area (Å²) in [5.74, 6) is 6.50. The standard InChI is InChI=1S/C13H20N4O/c1-2-11-6-10(7-12(16-11)17-14)13(18)15-8-9-4-3-5-9/h6-7,9H,2-5,8,14H2,1H3,(H,15,18)(H,16,17). The molecular formula is C13H20N4O. The Morgan fingerprint density at radius 1 is 1.50 bits per heavy atom. The van der Waals surface area contributed by atoms with Gasteiger partial charge in [-0.3, -0.25) is 4.79 Å². The average molecular weight is 248 g/mol. The van der Waals surface area contributed by atoms with Crippen LogP contribution in [-0.4, -0.2) is 17.4 Å². The van der Waals surface area contributed by atoms with Crippen molar-refractivity contribution in [2.24, 2.45) is 11.8 Å². The molecule has 98 valence electrons. The van der Waals surface area contributed by atoms with Crippen LogP contribution in [-0.2, 0) is 6.42 Å². The van der Waals surface area contributed by atoms with Crippen LogP contribution >= 0.6 is 0 Å². The molecule has 1 aliphatic rings. The molecule has 1 amide bonds. The summed E-state index contributed by atoms with van der Waals surface area (Å²) in [4.78, 5) is 16.3. The van der Waals surface area contributed by atoms with Crippen molar-refractivity contribution in [1.29, 1.82) is 0 Å². The quantitative estimate of drug-likeness (QED) is 0.544. The molecule has 1 aliphatic carbocycles. The minimum absolute atomic E-state index is 0.0458. The fourth-order valence-corrected chi connectivity index (χ4v) is 2.01. The van der Waals surface area contributed by atoms with Crippen molar-refractivity contribution in [2.45, 2.75) is 32.6 Å². The second-order valence-electron chi connectivity index (χ2n) is 4.74. The predicted molar refractivity (Wildman–Crippen MR) is 71.1 cm³/mol. The number of anilines is 1. The number of pyridine rings is 1. The Balaban J connectivity index is 2.03. The van der Waals surface area contributed by atoms with Gasteiger partial charge in [0.05, 0.1) is 0 Å². The highest BCUT2D eigenvalue weighted by molar-refractivity contribution is 5.95. The van der Waals surface area contributed by atoms with Crippen LogP contribution in [0, 0.1) is 5.92 Å². The van der Waals surface area contributed by atoms with Crippen LogP contribution in [0.1, 0.15) is 42.2 Å². The molecule has 5 nitrogen and oxygen atoms in total. The van der Waals surface area contributed by atoms with Gasteiger partial charge in [-0.2, -0.15) is 0 Å². The molecule has 0 radical (unpaired) electrons. The van der Waals surface area contributed by atoms with Gasteiger partial charge in [-0.1, -0.05) is 13.3 Å². The molecule has 0 unspecified atom stereocenters. The number of hydrogen-bond acceptors (Lipinski definition) is 4. The summed E-state index contributed by atoms with van der Waals surface area (Å²) in [6.45, 7) is 2.77. The number of nitrogen functional groups attached to an aromatic ring is 1. The summed E-state index contributed by atoms with van der Waals surface area (Å²) in [6.07, 6.45) is 4.52. The monoisotopic (exact) mass is 248 g/mol. The van der Waals surface area contributed by atoms with Gasteiger partial charge in [-0.15, -0.1) is 0 Å². The van der Waals surface area contributed by atoms with Crippen molar-refractivity contribution in [2.75, 3.05) is 12.0 Å². The third kappa shape index (κ3) is 2.98. The van der Waals surface area contributed by atoms with Gasteiger partial charge in [-0.25, -0.2) is 10.8 Å². The molecule has 18 heavy (non-hydrogen) atoms. The van der Waals surface area contributed by atoms with Crippen LogP contribution in [0.2, 0.25) is 0 Å². The molecule has 0 aromatic carbocycles. The van der Waals surface area contributed by atoms with Gasteiger partial charge in [0.15, 0.2) is 0 Å². The number of amides is 1. The maximum atomic E-state index is 12.0. The van der Waals surface area contributed by atoms with Crippen molar-refractivity contribution in [1.82, 2.24) is 10.3 Å². The first-order chi connectivity index (χ1) is 8.72. The lowest BCUT2D eigenvalue weighted by Crippen LogP contribution is -2.32. The molecule has 0 aliphatic heterocycles. The first-order valence-corrected chi connectivity index (χ1v) is 6.48. The van der Waals surface area contributed by atoms with E-state index in [1.807, 2.05) is 13.0 Å². The Morgan fingerprint density at radius 2 is 2.28 bits per heavy atom. The first-order valence-electron chi connectivity index (χ1n) is 6.48. The van der Waals surface area contributed by atoms with Crippen molar-refractivity contribution in [3.05, 3.63) is 23.4 Å². The SMILES string of the molecule is CCc1cc(C(=O)NCC2CCC2)cc(NN)n1. The summed E-state index contributed by atoms with van der Waals surface area (Å²) in [5, 5.41) is 2.97. The molecule has 4 N–H and O–H groups in total. The molecular weight excluding hydrogens is 228 g/mol. The van der Waals surface area contributed by atoms with Crippen molar-refractivity contribution >= 4 is 11.7 Å². The van der Waals surface area contributed by atoms with E-state index in [1.54, 1.807) is 6.07 Å². The largest absolute Gasteiger partial charge is 0.352 e. The molecule has 0 atom stereocenters. The number of nitrogens with two attached hydrogens (primary N) is 1. The van der Waals surface area contributed by atoms with E-state index < -0.39 is 0 Å². The van der Waals surface area contributed by atoms with E-state index in [0.29, 0.717) is 17.3 Å². The van der Waals surface area contributed by atoms with Crippen LogP contribution in [0.3, 0.4) is 0 Å². The fraction of sp³-hybridized carbons (Fsp3) is 0.538. The molecule has 1 saturated carbocycles. The molecule has 1 heterocycles. The zero-order valence-corrected chi connectivity index (χ0v) is 10.7. The minimum atomic E-state index is -0.0458.